The molecule has 0 atom stereocenters. The monoisotopic (exact) mass is 355 g/mol. The normalized spacial score (nSPS) is 10.8. The van der Waals surface area contributed by atoms with Crippen molar-refractivity contribution in [2.24, 2.45) is 0 Å². The molecule has 1 aromatic heterocycles. The van der Waals surface area contributed by atoms with E-state index in [1.807, 2.05) is 6.92 Å². The van der Waals surface area contributed by atoms with Crippen LogP contribution in [0.5, 0.6) is 0 Å². The van der Waals surface area contributed by atoms with E-state index in [-0.39, 0.29) is 12.2 Å². The van der Waals surface area contributed by atoms with Gasteiger partial charge in [0, 0.05) is 17.2 Å². The summed E-state index contributed by atoms with van der Waals surface area (Å²) in [5.41, 5.74) is 5.16. The van der Waals surface area contributed by atoms with Gasteiger partial charge in [-0.15, -0.1) is 0 Å². The van der Waals surface area contributed by atoms with E-state index in [2.05, 4.69) is 15.9 Å². The Bertz CT molecular complexity index is 763. The quantitative estimate of drug-likeness (QED) is 0.911. The second kappa shape index (κ2) is 6.26. The first-order valence-corrected chi connectivity index (χ1v) is 7.26. The number of nitrogens with zero attached hydrogens (tertiary/aromatic N) is 2. The predicted octanol–water partition coefficient (Wildman–Crippen LogP) is 1.95. The third kappa shape index (κ3) is 3.41. The molecule has 21 heavy (non-hydrogen) atoms. The van der Waals surface area contributed by atoms with Gasteiger partial charge in [-0.25, -0.2) is 9.18 Å². The molecule has 7 heteroatoms. The van der Waals surface area contributed by atoms with Crippen molar-refractivity contribution in [2.45, 2.75) is 26.4 Å². The molecule has 0 aliphatic carbocycles. The number of benzene rings is 1. The second-order valence-electron chi connectivity index (χ2n) is 4.73. The molecule has 5 nitrogen and oxygen atoms in total. The predicted molar refractivity (Wildman–Crippen MR) is 82.9 cm³/mol. The highest BCUT2D eigenvalue weighted by molar-refractivity contribution is 9.10. The van der Waals surface area contributed by atoms with Crippen LogP contribution >= 0.6 is 15.9 Å². The fraction of sp³-hybridized carbons (Fsp3) is 0.286. The highest BCUT2D eigenvalue weighted by Gasteiger charge is 2.10. The smallest absolute Gasteiger partial charge is 0.331 e. The molecule has 0 saturated heterocycles. The van der Waals surface area contributed by atoms with Crippen molar-refractivity contribution in [1.29, 1.82) is 0 Å². The number of hydrogen-bond donors (Lipinski definition) is 1. The van der Waals surface area contributed by atoms with Crippen LogP contribution in [0.25, 0.3) is 0 Å². The Labute approximate surface area is 129 Å². The van der Waals surface area contributed by atoms with Crippen LogP contribution in [-0.2, 0) is 13.1 Å². The summed E-state index contributed by atoms with van der Waals surface area (Å²) in [4.78, 5) is 24.3. The molecule has 2 rings (SSSR count). The number of halogens is 2. The van der Waals surface area contributed by atoms with E-state index >= 15 is 0 Å². The van der Waals surface area contributed by atoms with Crippen LogP contribution in [-0.4, -0.2) is 9.13 Å². The van der Waals surface area contributed by atoms with Crippen molar-refractivity contribution in [3.63, 3.8) is 0 Å². The number of aryl methyl sites for hydroxylation is 1. The van der Waals surface area contributed by atoms with Gasteiger partial charge in [0.2, 0.25) is 0 Å². The van der Waals surface area contributed by atoms with E-state index < -0.39 is 17.1 Å². The minimum atomic E-state index is -0.562. The lowest BCUT2D eigenvalue weighted by Gasteiger charge is -2.11. The fourth-order valence-electron chi connectivity index (χ4n) is 2.10. The molecule has 0 amide bonds. The van der Waals surface area contributed by atoms with Gasteiger partial charge in [0.1, 0.15) is 11.5 Å². The first-order chi connectivity index (χ1) is 9.92. The van der Waals surface area contributed by atoms with E-state index in [9.17, 15) is 14.0 Å². The van der Waals surface area contributed by atoms with E-state index in [4.69, 9.17) is 5.73 Å². The molecule has 0 fully saturated rings. The first kappa shape index (κ1) is 15.5. The lowest BCUT2D eigenvalue weighted by atomic mass is 10.2. The van der Waals surface area contributed by atoms with Crippen molar-refractivity contribution in [2.75, 3.05) is 5.73 Å². The van der Waals surface area contributed by atoms with E-state index in [0.29, 0.717) is 16.6 Å². The molecule has 0 spiro atoms. The molecular formula is C14H15BrFN3O2. The van der Waals surface area contributed by atoms with E-state index in [1.165, 1.54) is 22.9 Å². The van der Waals surface area contributed by atoms with Gasteiger partial charge in [0.25, 0.3) is 5.56 Å². The second-order valence-corrected chi connectivity index (χ2v) is 5.65. The Kier molecular flexibility index (Phi) is 4.62. The molecule has 1 aromatic carbocycles. The largest absolute Gasteiger partial charge is 0.393 e. The summed E-state index contributed by atoms with van der Waals surface area (Å²) >= 11 is 3.18. The van der Waals surface area contributed by atoms with E-state index in [1.54, 1.807) is 6.07 Å². The average molecular weight is 356 g/mol. The molecule has 2 N–H and O–H groups in total. The summed E-state index contributed by atoms with van der Waals surface area (Å²) in [7, 11) is 0. The van der Waals surface area contributed by atoms with Crippen LogP contribution in [0, 0.1) is 5.82 Å². The summed E-state index contributed by atoms with van der Waals surface area (Å²) in [6, 6.07) is 4.24. The highest BCUT2D eigenvalue weighted by atomic mass is 79.9. The number of aromatic nitrogens is 2. The maximum absolute atomic E-state index is 13.4. The van der Waals surface area contributed by atoms with Gasteiger partial charge < -0.3 is 5.73 Å². The van der Waals surface area contributed by atoms with Crippen LogP contribution < -0.4 is 17.0 Å². The Morgan fingerprint density at radius 1 is 1.29 bits per heavy atom. The molecule has 0 aliphatic heterocycles. The van der Waals surface area contributed by atoms with Gasteiger partial charge in [-0.1, -0.05) is 22.9 Å². The lowest BCUT2D eigenvalue weighted by molar-refractivity contribution is 0.570. The maximum atomic E-state index is 13.4. The zero-order valence-electron chi connectivity index (χ0n) is 11.5. The molecule has 0 radical (unpaired) electrons. The van der Waals surface area contributed by atoms with Crippen molar-refractivity contribution in [3.8, 4) is 0 Å². The van der Waals surface area contributed by atoms with Crippen LogP contribution in [0.2, 0.25) is 0 Å². The minimum Gasteiger partial charge on any atom is -0.393 e. The Morgan fingerprint density at radius 2 is 2.00 bits per heavy atom. The number of anilines is 1. The van der Waals surface area contributed by atoms with Crippen molar-refractivity contribution >= 4 is 21.6 Å². The summed E-state index contributed by atoms with van der Waals surface area (Å²) in [6.45, 7) is 2.36. The average Bonchev–Trinajstić information content (AvgIpc) is 2.40. The van der Waals surface area contributed by atoms with Crippen LogP contribution in [0.4, 0.5) is 10.1 Å². The van der Waals surface area contributed by atoms with Gasteiger partial charge >= 0.3 is 5.69 Å². The van der Waals surface area contributed by atoms with Gasteiger partial charge in [-0.3, -0.25) is 13.9 Å². The number of nitrogen functional groups attached to an aromatic ring is 1. The van der Waals surface area contributed by atoms with Crippen LogP contribution in [0.3, 0.4) is 0 Å². The molecule has 112 valence electrons. The minimum absolute atomic E-state index is 0.00137. The zero-order chi connectivity index (χ0) is 15.6. The van der Waals surface area contributed by atoms with Crippen molar-refractivity contribution in [1.82, 2.24) is 9.13 Å². The summed E-state index contributed by atoms with van der Waals surface area (Å²) in [6.07, 6.45) is 2.09. The van der Waals surface area contributed by atoms with Gasteiger partial charge in [0.15, 0.2) is 0 Å². The van der Waals surface area contributed by atoms with Crippen LogP contribution in [0.1, 0.15) is 18.9 Å². The molecule has 0 saturated carbocycles. The summed E-state index contributed by atoms with van der Waals surface area (Å²) < 4.78 is 16.3. The molecule has 0 aliphatic rings. The Hall–Kier alpha value is -1.89. The molecule has 0 unspecified atom stereocenters. The third-order valence-electron chi connectivity index (χ3n) is 2.99. The zero-order valence-corrected chi connectivity index (χ0v) is 13.1. The standard InChI is InChI=1S/C14H15BrFN3O2/c1-2-3-18-8-12(17)13(20)19(14(18)21)7-9-4-10(15)6-11(16)5-9/h4-6,8H,2-3,7,17H2,1H3. The molecule has 0 bridgehead atoms. The molecular weight excluding hydrogens is 341 g/mol. The highest BCUT2D eigenvalue weighted by Crippen LogP contribution is 2.15. The molecule has 2 aromatic rings. The van der Waals surface area contributed by atoms with Gasteiger partial charge in [0.05, 0.1) is 6.54 Å². The topological polar surface area (TPSA) is 70.0 Å². The maximum Gasteiger partial charge on any atom is 0.331 e. The molecule has 1 heterocycles. The Morgan fingerprint density at radius 3 is 2.62 bits per heavy atom. The number of nitrogens with two attached hydrogens (primary N) is 1. The first-order valence-electron chi connectivity index (χ1n) is 6.47. The van der Waals surface area contributed by atoms with Crippen molar-refractivity contribution < 1.29 is 4.39 Å². The van der Waals surface area contributed by atoms with E-state index in [0.717, 1.165) is 11.0 Å². The summed E-state index contributed by atoms with van der Waals surface area (Å²) in [5.74, 6) is -0.440. The SMILES string of the molecule is CCCn1cc(N)c(=O)n(Cc2cc(F)cc(Br)c2)c1=O. The third-order valence-corrected chi connectivity index (χ3v) is 3.45. The van der Waals surface area contributed by atoms with Gasteiger partial charge in [-0.05, 0) is 30.2 Å². The Balaban J connectivity index is 2.53. The number of hydrogen-bond acceptors (Lipinski definition) is 3. The number of rotatable bonds is 4. The van der Waals surface area contributed by atoms with Crippen LogP contribution in [0.15, 0.2) is 38.5 Å². The lowest BCUT2D eigenvalue weighted by Crippen LogP contribution is -2.40. The fourth-order valence-corrected chi connectivity index (χ4v) is 2.61. The summed E-state index contributed by atoms with van der Waals surface area (Å²) in [5, 5.41) is 0. The van der Waals surface area contributed by atoms with Crippen molar-refractivity contribution in [3.05, 3.63) is 61.1 Å². The van der Waals surface area contributed by atoms with Gasteiger partial charge in [-0.2, -0.15) is 0 Å².